The zero-order valence-electron chi connectivity index (χ0n) is 18.8. The van der Waals surface area contributed by atoms with E-state index in [0.29, 0.717) is 34.3 Å². The van der Waals surface area contributed by atoms with Gasteiger partial charge < -0.3 is 15.6 Å². The lowest BCUT2D eigenvalue weighted by Crippen LogP contribution is -2.25. The van der Waals surface area contributed by atoms with Crippen molar-refractivity contribution in [3.8, 4) is 6.07 Å². The van der Waals surface area contributed by atoms with Crippen LogP contribution in [0.3, 0.4) is 0 Å². The van der Waals surface area contributed by atoms with Gasteiger partial charge in [0.25, 0.3) is 6.43 Å². The molecule has 0 unspecified atom stereocenters. The van der Waals surface area contributed by atoms with Gasteiger partial charge in [-0.15, -0.1) is 0 Å². The van der Waals surface area contributed by atoms with Crippen molar-refractivity contribution < 1.29 is 17.2 Å². The molecule has 0 aliphatic heterocycles. The summed E-state index contributed by atoms with van der Waals surface area (Å²) in [6, 6.07) is 12.2. The van der Waals surface area contributed by atoms with Gasteiger partial charge in [0.2, 0.25) is 10.0 Å². The molecule has 0 fully saturated rings. The first-order chi connectivity index (χ1) is 16.5. The number of anilines is 5. The first-order valence-electron chi connectivity index (χ1n) is 10.2. The lowest BCUT2D eigenvalue weighted by atomic mass is 10.1. The van der Waals surface area contributed by atoms with E-state index in [2.05, 4.69) is 30.6 Å². The molecule has 180 valence electrons. The minimum absolute atomic E-state index is 0.0457. The predicted molar refractivity (Wildman–Crippen MR) is 129 cm³/mol. The van der Waals surface area contributed by atoms with Gasteiger partial charge >= 0.3 is 0 Å². The average molecular weight is 499 g/mol. The van der Waals surface area contributed by atoms with E-state index in [4.69, 9.17) is 5.26 Å². The Morgan fingerprint density at radius 3 is 2.51 bits per heavy atom. The second kappa shape index (κ2) is 9.15. The molecule has 0 spiro atoms. The molecule has 0 atom stereocenters. The molecule has 0 aliphatic rings. The van der Waals surface area contributed by atoms with E-state index < -0.39 is 16.4 Å². The maximum absolute atomic E-state index is 13.3. The molecule has 3 aromatic heterocycles. The van der Waals surface area contributed by atoms with E-state index >= 15 is 0 Å². The molecular formula is C22H20F2N8O2S. The Labute approximate surface area is 199 Å². The number of rotatable bonds is 7. The van der Waals surface area contributed by atoms with Gasteiger partial charge in [-0.05, 0) is 31.2 Å². The van der Waals surface area contributed by atoms with Crippen molar-refractivity contribution in [3.05, 3.63) is 59.5 Å². The number of fused-ring (bicyclic) bond motifs is 1. The number of sulfonamides is 1. The fraction of sp³-hybridized carbons (Fsp3) is 0.182. The molecule has 0 saturated carbocycles. The van der Waals surface area contributed by atoms with Crippen molar-refractivity contribution in [2.24, 2.45) is 0 Å². The number of benzene rings is 1. The molecule has 4 rings (SSSR count). The number of aromatic nitrogens is 4. The van der Waals surface area contributed by atoms with Gasteiger partial charge in [0.1, 0.15) is 34.7 Å². The van der Waals surface area contributed by atoms with Crippen molar-refractivity contribution in [2.45, 2.75) is 13.3 Å². The second-order valence-corrected chi connectivity index (χ2v) is 9.67. The fourth-order valence-electron chi connectivity index (χ4n) is 3.34. The number of imidazole rings is 1. The van der Waals surface area contributed by atoms with Gasteiger partial charge in [-0.25, -0.2) is 32.2 Å². The molecule has 0 amide bonds. The van der Waals surface area contributed by atoms with Crippen molar-refractivity contribution in [1.82, 2.24) is 19.9 Å². The summed E-state index contributed by atoms with van der Waals surface area (Å²) in [7, 11) is -2.45. The van der Waals surface area contributed by atoms with Crippen LogP contribution in [0, 0.1) is 18.3 Å². The van der Waals surface area contributed by atoms with E-state index in [0.717, 1.165) is 16.6 Å². The molecule has 1 aromatic carbocycles. The highest BCUT2D eigenvalue weighted by Gasteiger charge is 2.20. The summed E-state index contributed by atoms with van der Waals surface area (Å²) in [6.45, 7) is 1.75. The van der Waals surface area contributed by atoms with Crippen LogP contribution in [0.15, 0.2) is 42.5 Å². The van der Waals surface area contributed by atoms with Gasteiger partial charge in [-0.3, -0.25) is 4.31 Å². The molecule has 3 heterocycles. The van der Waals surface area contributed by atoms with Crippen LogP contribution in [0.25, 0.3) is 11.2 Å². The fourth-order valence-corrected chi connectivity index (χ4v) is 3.85. The first-order valence-corrected chi connectivity index (χ1v) is 12.0. The number of nitriles is 1. The largest absolute Gasteiger partial charge is 0.352 e. The molecule has 4 aromatic rings. The van der Waals surface area contributed by atoms with E-state index in [-0.39, 0.29) is 22.6 Å². The van der Waals surface area contributed by atoms with E-state index in [9.17, 15) is 17.2 Å². The summed E-state index contributed by atoms with van der Waals surface area (Å²) in [5, 5.41) is 15.2. The smallest absolute Gasteiger partial charge is 0.263 e. The van der Waals surface area contributed by atoms with Crippen molar-refractivity contribution in [3.63, 3.8) is 0 Å². The Balaban J connectivity index is 1.81. The van der Waals surface area contributed by atoms with Gasteiger partial charge in [0, 0.05) is 18.7 Å². The van der Waals surface area contributed by atoms with E-state index in [1.807, 2.05) is 6.07 Å². The Bertz CT molecular complexity index is 1560. The maximum Gasteiger partial charge on any atom is 0.263 e. The number of hydrogen-bond acceptors (Lipinski definition) is 8. The summed E-state index contributed by atoms with van der Waals surface area (Å²) in [5.41, 5.74) is 1.57. The van der Waals surface area contributed by atoms with E-state index in [1.165, 1.54) is 19.2 Å². The summed E-state index contributed by atoms with van der Waals surface area (Å²) in [6.07, 6.45) is -1.79. The molecule has 3 N–H and O–H groups in total. The van der Waals surface area contributed by atoms with Crippen molar-refractivity contribution in [2.75, 3.05) is 28.2 Å². The molecule has 0 bridgehead atoms. The summed E-state index contributed by atoms with van der Waals surface area (Å²) >= 11 is 0. The number of pyridine rings is 2. The van der Waals surface area contributed by atoms with Crippen LogP contribution in [-0.2, 0) is 10.0 Å². The van der Waals surface area contributed by atoms with Crippen LogP contribution in [0.1, 0.15) is 23.5 Å². The number of alkyl halides is 2. The third kappa shape index (κ3) is 5.12. The Morgan fingerprint density at radius 1 is 1.06 bits per heavy atom. The summed E-state index contributed by atoms with van der Waals surface area (Å²) in [5.74, 6) is 1.31. The zero-order valence-corrected chi connectivity index (χ0v) is 19.7. The molecule has 35 heavy (non-hydrogen) atoms. The highest BCUT2D eigenvalue weighted by atomic mass is 32.2. The van der Waals surface area contributed by atoms with Gasteiger partial charge in [-0.2, -0.15) is 5.26 Å². The second-order valence-electron chi connectivity index (χ2n) is 7.65. The van der Waals surface area contributed by atoms with Gasteiger partial charge in [0.15, 0.2) is 5.65 Å². The number of nitrogens with zero attached hydrogens (tertiary/aromatic N) is 5. The van der Waals surface area contributed by atoms with Crippen molar-refractivity contribution >= 4 is 49.9 Å². The third-order valence-electron chi connectivity index (χ3n) is 5.08. The molecule has 0 radical (unpaired) electrons. The van der Waals surface area contributed by atoms with Gasteiger partial charge in [-0.1, -0.05) is 12.1 Å². The Morgan fingerprint density at radius 2 is 1.83 bits per heavy atom. The lowest BCUT2D eigenvalue weighted by molar-refractivity contribution is 0.151. The monoisotopic (exact) mass is 498 g/mol. The minimum atomic E-state index is -3.74. The molecule has 0 aliphatic carbocycles. The minimum Gasteiger partial charge on any atom is -0.352 e. The molecule has 10 nitrogen and oxygen atoms in total. The Kier molecular flexibility index (Phi) is 6.23. The topological polar surface area (TPSA) is 140 Å². The number of halogens is 2. The molecular weight excluding hydrogens is 478 g/mol. The molecule has 13 heteroatoms. The van der Waals surface area contributed by atoms with Crippen LogP contribution in [-0.4, -0.2) is 41.7 Å². The maximum atomic E-state index is 13.3. The predicted octanol–water partition coefficient (Wildman–Crippen LogP) is 4.35. The molecule has 0 saturated heterocycles. The van der Waals surface area contributed by atoms with Crippen LogP contribution in [0.2, 0.25) is 0 Å². The standard InChI is InChI=1S/C22H20F2N8O2S/c1-12-26-20-16(10-19(31-22(20)27-12)30-18-6-4-5-14(11-25)28-18)29-15-8-7-13(21(23)24)9-17(15)32(2)35(3,33)34/h4-10,21H,1-3H3,(H3,26,27,28,29,30,31). The normalized spacial score (nSPS) is 11.5. The highest BCUT2D eigenvalue weighted by Crippen LogP contribution is 2.36. The number of nitrogens with one attached hydrogen (secondary N) is 3. The number of aryl methyl sites for hydroxylation is 1. The van der Waals surface area contributed by atoms with Gasteiger partial charge in [0.05, 0.1) is 23.3 Å². The summed E-state index contributed by atoms with van der Waals surface area (Å²) in [4.78, 5) is 16.1. The Hall–Kier alpha value is -4.31. The number of hydrogen-bond donors (Lipinski definition) is 3. The highest BCUT2D eigenvalue weighted by molar-refractivity contribution is 7.92. The number of aromatic amines is 1. The van der Waals surface area contributed by atoms with Crippen LogP contribution < -0.4 is 14.9 Å². The third-order valence-corrected chi connectivity index (χ3v) is 6.27. The SMILES string of the molecule is Cc1nc2nc(Nc3cccc(C#N)n3)cc(Nc3ccc(C(F)F)cc3N(C)S(C)(=O)=O)c2[nH]1. The van der Waals surface area contributed by atoms with Crippen molar-refractivity contribution in [1.29, 1.82) is 5.26 Å². The van der Waals surface area contributed by atoms with Crippen LogP contribution in [0.5, 0.6) is 0 Å². The quantitative estimate of drug-likeness (QED) is 0.342. The lowest BCUT2D eigenvalue weighted by Gasteiger charge is -2.22. The van der Waals surface area contributed by atoms with E-state index in [1.54, 1.807) is 31.2 Å². The zero-order chi connectivity index (χ0) is 25.3. The number of H-pyrrole nitrogens is 1. The first kappa shape index (κ1) is 23.8. The van der Waals surface area contributed by atoms with Crippen LogP contribution >= 0.6 is 0 Å². The summed E-state index contributed by atoms with van der Waals surface area (Å²) < 4.78 is 52.0. The van der Waals surface area contributed by atoms with Crippen LogP contribution in [0.4, 0.5) is 37.5 Å². The average Bonchev–Trinajstić information content (AvgIpc) is 3.18.